The van der Waals surface area contributed by atoms with E-state index >= 15 is 0 Å². The fraction of sp³-hybridized carbons (Fsp3) is 0.364. The molecule has 1 aromatic heterocycles. The van der Waals surface area contributed by atoms with E-state index in [2.05, 4.69) is 14.8 Å². The van der Waals surface area contributed by atoms with Crippen LogP contribution in [0.4, 0.5) is 5.69 Å². The Hall–Kier alpha value is -2.38. The van der Waals surface area contributed by atoms with Crippen LogP contribution in [0.25, 0.3) is 11.4 Å². The summed E-state index contributed by atoms with van der Waals surface area (Å²) in [5.41, 5.74) is 1.26. The molecule has 0 bridgehead atoms. The summed E-state index contributed by atoms with van der Waals surface area (Å²) in [5.74, 6) is 1.49. The van der Waals surface area contributed by atoms with Gasteiger partial charge in [0.2, 0.25) is 0 Å². The third kappa shape index (κ3) is 3.96. The maximum atomic E-state index is 13.6. The Morgan fingerprint density at radius 3 is 2.53 bits per heavy atom. The number of hydrogen-bond acceptors (Lipinski definition) is 4. The highest BCUT2D eigenvalue weighted by molar-refractivity contribution is 7.92. The van der Waals surface area contributed by atoms with E-state index in [1.807, 2.05) is 19.9 Å². The van der Waals surface area contributed by atoms with Crippen molar-refractivity contribution in [2.45, 2.75) is 50.5 Å². The van der Waals surface area contributed by atoms with Crippen LogP contribution >= 0.6 is 11.6 Å². The first kappa shape index (κ1) is 20.9. The van der Waals surface area contributed by atoms with Gasteiger partial charge >= 0.3 is 0 Å². The number of aromatic nitrogens is 3. The van der Waals surface area contributed by atoms with Gasteiger partial charge in [0.1, 0.15) is 5.82 Å². The van der Waals surface area contributed by atoms with E-state index in [1.165, 1.54) is 4.31 Å². The molecule has 6 nitrogen and oxygen atoms in total. The van der Waals surface area contributed by atoms with Crippen molar-refractivity contribution >= 4 is 27.3 Å². The monoisotopic (exact) mass is 444 g/mol. The fourth-order valence-electron chi connectivity index (χ4n) is 3.62. The molecular formula is C22H25ClN4O2S. The molecule has 0 spiro atoms. The number of hydrogen-bond donors (Lipinski definition) is 0. The van der Waals surface area contributed by atoms with Gasteiger partial charge in [0.25, 0.3) is 10.0 Å². The van der Waals surface area contributed by atoms with Gasteiger partial charge < -0.3 is 4.57 Å². The third-order valence-corrected chi connectivity index (χ3v) is 7.35. The summed E-state index contributed by atoms with van der Waals surface area (Å²) in [6.45, 7) is 4.34. The molecule has 2 aromatic carbocycles. The lowest BCUT2D eigenvalue weighted by atomic mass is 10.1. The lowest BCUT2D eigenvalue weighted by molar-refractivity contribution is 0.588. The van der Waals surface area contributed by atoms with Gasteiger partial charge in [-0.3, -0.25) is 4.31 Å². The summed E-state index contributed by atoms with van der Waals surface area (Å²) in [6, 6.07) is 14.2. The molecule has 1 fully saturated rings. The summed E-state index contributed by atoms with van der Waals surface area (Å²) >= 11 is 6.34. The van der Waals surface area contributed by atoms with Gasteiger partial charge in [0.15, 0.2) is 5.82 Å². The predicted octanol–water partition coefficient (Wildman–Crippen LogP) is 5.24. The average Bonchev–Trinajstić information content (AvgIpc) is 3.51. The van der Waals surface area contributed by atoms with E-state index in [4.69, 9.17) is 11.6 Å². The van der Waals surface area contributed by atoms with Crippen molar-refractivity contribution in [1.82, 2.24) is 14.8 Å². The van der Waals surface area contributed by atoms with Crippen LogP contribution in [0.5, 0.6) is 0 Å². The third-order valence-electron chi connectivity index (χ3n) is 5.29. The lowest BCUT2D eigenvalue weighted by Crippen LogP contribution is -2.32. The minimum atomic E-state index is -3.75. The number of rotatable bonds is 8. The van der Waals surface area contributed by atoms with Crippen LogP contribution < -0.4 is 4.31 Å². The first-order chi connectivity index (χ1) is 14.4. The highest BCUT2D eigenvalue weighted by atomic mass is 35.5. The van der Waals surface area contributed by atoms with Gasteiger partial charge in [0.05, 0.1) is 10.6 Å². The molecule has 0 saturated heterocycles. The standard InChI is InChI=1S/C22H25ClN4O2S/c1-3-4-14-26(30(28,29)19-8-6-5-7-9-19)21-13-10-17(23)15-20(21)22-25-24-16(2)27(22)18-11-12-18/h5-10,13,15,18H,3-4,11-12,14H2,1-2H3. The maximum absolute atomic E-state index is 13.6. The van der Waals surface area contributed by atoms with Crippen LogP contribution in [0.1, 0.15) is 44.5 Å². The predicted molar refractivity (Wildman–Crippen MR) is 119 cm³/mol. The van der Waals surface area contributed by atoms with Gasteiger partial charge in [-0.1, -0.05) is 43.1 Å². The number of benzene rings is 2. The van der Waals surface area contributed by atoms with Gasteiger partial charge in [-0.2, -0.15) is 0 Å². The van der Waals surface area contributed by atoms with E-state index in [1.54, 1.807) is 42.5 Å². The molecule has 0 unspecified atom stereocenters. The Morgan fingerprint density at radius 1 is 1.13 bits per heavy atom. The number of aryl methyl sites for hydroxylation is 1. The summed E-state index contributed by atoms with van der Waals surface area (Å²) in [6.07, 6.45) is 3.76. The lowest BCUT2D eigenvalue weighted by Gasteiger charge is -2.27. The SMILES string of the molecule is CCCCN(c1ccc(Cl)cc1-c1nnc(C)n1C1CC1)S(=O)(=O)c1ccccc1. The molecule has 0 amide bonds. The number of unbranched alkanes of at least 4 members (excludes halogenated alkanes) is 1. The number of halogens is 1. The van der Waals surface area contributed by atoms with Crippen LogP contribution in [-0.2, 0) is 10.0 Å². The maximum Gasteiger partial charge on any atom is 0.264 e. The zero-order valence-electron chi connectivity index (χ0n) is 17.1. The van der Waals surface area contributed by atoms with Crippen molar-refractivity contribution in [3.05, 3.63) is 59.4 Å². The van der Waals surface area contributed by atoms with Gasteiger partial charge in [-0.05, 0) is 56.5 Å². The summed E-state index contributed by atoms with van der Waals surface area (Å²) < 4.78 is 30.8. The van der Waals surface area contributed by atoms with Crippen LogP contribution in [0.15, 0.2) is 53.4 Å². The van der Waals surface area contributed by atoms with E-state index in [-0.39, 0.29) is 4.90 Å². The molecule has 0 radical (unpaired) electrons. The van der Waals surface area contributed by atoms with Crippen molar-refractivity contribution in [2.24, 2.45) is 0 Å². The number of sulfonamides is 1. The van der Waals surface area contributed by atoms with E-state index in [9.17, 15) is 8.42 Å². The Balaban J connectivity index is 1.89. The zero-order valence-corrected chi connectivity index (χ0v) is 18.7. The molecule has 158 valence electrons. The van der Waals surface area contributed by atoms with E-state index in [0.29, 0.717) is 34.7 Å². The topological polar surface area (TPSA) is 68.1 Å². The first-order valence-electron chi connectivity index (χ1n) is 10.2. The molecule has 30 heavy (non-hydrogen) atoms. The van der Waals surface area contributed by atoms with Crippen LogP contribution in [-0.4, -0.2) is 29.7 Å². The Morgan fingerprint density at radius 2 is 1.87 bits per heavy atom. The molecule has 0 N–H and O–H groups in total. The molecule has 0 atom stereocenters. The largest absolute Gasteiger partial charge is 0.308 e. The van der Waals surface area contributed by atoms with Crippen LogP contribution in [0.2, 0.25) is 5.02 Å². The minimum absolute atomic E-state index is 0.266. The molecule has 4 rings (SSSR count). The number of anilines is 1. The van der Waals surface area contributed by atoms with E-state index < -0.39 is 10.0 Å². The number of nitrogens with zero attached hydrogens (tertiary/aromatic N) is 4. The van der Waals surface area contributed by atoms with Crippen LogP contribution in [0.3, 0.4) is 0 Å². The highest BCUT2D eigenvalue weighted by Gasteiger charge is 2.32. The summed E-state index contributed by atoms with van der Waals surface area (Å²) in [5, 5.41) is 9.20. The average molecular weight is 445 g/mol. The zero-order chi connectivity index (χ0) is 21.3. The molecule has 8 heteroatoms. The summed E-state index contributed by atoms with van der Waals surface area (Å²) in [4.78, 5) is 0.266. The van der Waals surface area contributed by atoms with Gasteiger partial charge in [-0.25, -0.2) is 8.42 Å². The van der Waals surface area contributed by atoms with Crippen molar-refractivity contribution < 1.29 is 8.42 Å². The molecule has 1 heterocycles. The minimum Gasteiger partial charge on any atom is -0.308 e. The van der Waals surface area contributed by atoms with Crippen LogP contribution in [0, 0.1) is 6.92 Å². The van der Waals surface area contributed by atoms with Crippen molar-refractivity contribution in [3.8, 4) is 11.4 Å². The first-order valence-corrected chi connectivity index (χ1v) is 12.0. The van der Waals surface area contributed by atoms with Gasteiger partial charge in [-0.15, -0.1) is 10.2 Å². The molecule has 1 aliphatic carbocycles. The Labute approximate surface area is 182 Å². The highest BCUT2D eigenvalue weighted by Crippen LogP contribution is 2.42. The second kappa shape index (κ2) is 8.40. The molecule has 0 aliphatic heterocycles. The summed E-state index contributed by atoms with van der Waals surface area (Å²) in [7, 11) is -3.75. The van der Waals surface area contributed by atoms with Gasteiger partial charge in [0, 0.05) is 23.2 Å². The quantitative estimate of drug-likeness (QED) is 0.476. The molecular weight excluding hydrogens is 420 g/mol. The van der Waals surface area contributed by atoms with Crippen molar-refractivity contribution in [3.63, 3.8) is 0 Å². The second-order valence-electron chi connectivity index (χ2n) is 7.58. The fourth-order valence-corrected chi connectivity index (χ4v) is 5.33. The van der Waals surface area contributed by atoms with E-state index in [0.717, 1.165) is 31.5 Å². The van der Waals surface area contributed by atoms with Crippen molar-refractivity contribution in [1.29, 1.82) is 0 Å². The Kier molecular flexibility index (Phi) is 5.84. The Bertz CT molecular complexity index is 1140. The molecule has 1 aliphatic rings. The second-order valence-corrected chi connectivity index (χ2v) is 9.88. The van der Waals surface area contributed by atoms with Crippen molar-refractivity contribution in [2.75, 3.05) is 10.8 Å². The molecule has 1 saturated carbocycles. The smallest absolute Gasteiger partial charge is 0.264 e. The normalized spacial score (nSPS) is 14.1. The molecule has 3 aromatic rings.